The number of hydrogen-bond donors (Lipinski definition) is 1. The highest BCUT2D eigenvalue weighted by atomic mass is 35.5. The summed E-state index contributed by atoms with van der Waals surface area (Å²) >= 11 is 6.54. The van der Waals surface area contributed by atoms with E-state index < -0.39 is 5.82 Å². The van der Waals surface area contributed by atoms with Gasteiger partial charge in [-0.1, -0.05) is 23.7 Å². The maximum Gasteiger partial charge on any atom is 0.319 e. The van der Waals surface area contributed by atoms with Gasteiger partial charge < -0.3 is 19.9 Å². The summed E-state index contributed by atoms with van der Waals surface area (Å²) in [6, 6.07) is 6.84. The van der Waals surface area contributed by atoms with E-state index in [4.69, 9.17) is 21.3 Å². The molecule has 2 unspecified atom stereocenters. The van der Waals surface area contributed by atoms with Gasteiger partial charge in [0.05, 0.1) is 5.39 Å². The van der Waals surface area contributed by atoms with Crippen molar-refractivity contribution in [1.29, 1.82) is 0 Å². The fourth-order valence-corrected chi connectivity index (χ4v) is 6.50. The van der Waals surface area contributed by atoms with E-state index in [-0.39, 0.29) is 17.2 Å². The molecule has 2 bridgehead atoms. The Hall–Kier alpha value is -3.14. The maximum atomic E-state index is 16.4. The minimum atomic E-state index is -0.527. The average molecular weight is 534 g/mol. The summed E-state index contributed by atoms with van der Waals surface area (Å²) in [6.45, 7) is 3.13. The summed E-state index contributed by atoms with van der Waals surface area (Å²) in [6.07, 6.45) is 9.47. The Labute approximate surface area is 225 Å². The number of benzene rings is 1. The Bertz CT molecular complexity index is 1520. The second-order valence-electron chi connectivity index (χ2n) is 10.7. The number of nitrogens with zero attached hydrogens (tertiary/aromatic N) is 6. The summed E-state index contributed by atoms with van der Waals surface area (Å²) < 4.78 is 22.5. The second-order valence-corrected chi connectivity index (χ2v) is 11.1. The molecule has 10 heteroatoms. The highest BCUT2D eigenvalue weighted by Gasteiger charge is 2.34. The first-order valence-electron chi connectivity index (χ1n) is 13.3. The lowest BCUT2D eigenvalue weighted by atomic mass is 10.0. The van der Waals surface area contributed by atoms with Crippen LogP contribution in [0.5, 0.6) is 6.01 Å². The van der Waals surface area contributed by atoms with E-state index in [0.29, 0.717) is 51.9 Å². The van der Waals surface area contributed by atoms with Crippen LogP contribution in [0.3, 0.4) is 0 Å². The monoisotopic (exact) mass is 533 g/mol. The highest BCUT2D eigenvalue weighted by molar-refractivity contribution is 6.36. The quantitative estimate of drug-likeness (QED) is 0.403. The molecule has 0 saturated carbocycles. The van der Waals surface area contributed by atoms with Crippen molar-refractivity contribution in [1.82, 2.24) is 30.2 Å². The van der Waals surface area contributed by atoms with Crippen LogP contribution < -0.4 is 15.0 Å². The lowest BCUT2D eigenvalue weighted by Crippen LogP contribution is -2.51. The van der Waals surface area contributed by atoms with Gasteiger partial charge in [-0.2, -0.15) is 9.97 Å². The predicted molar refractivity (Wildman–Crippen MR) is 146 cm³/mol. The van der Waals surface area contributed by atoms with E-state index in [0.717, 1.165) is 50.7 Å². The Morgan fingerprint density at radius 2 is 1.95 bits per heavy atom. The van der Waals surface area contributed by atoms with Crippen molar-refractivity contribution in [2.45, 2.75) is 43.8 Å². The number of hydrogen-bond acceptors (Lipinski definition) is 8. The van der Waals surface area contributed by atoms with Crippen LogP contribution in [0.1, 0.15) is 25.7 Å². The smallest absolute Gasteiger partial charge is 0.319 e. The molecular formula is C28H29ClFN7O. The van der Waals surface area contributed by atoms with Gasteiger partial charge in [-0.15, -0.1) is 0 Å². The fourth-order valence-electron chi connectivity index (χ4n) is 6.21. The number of likely N-dealkylation sites (N-methyl/N-ethyl adjacent to an activating group) is 1. The molecule has 8 nitrogen and oxygen atoms in total. The van der Waals surface area contributed by atoms with Crippen molar-refractivity contribution in [3.8, 4) is 17.3 Å². The molecule has 3 aliphatic heterocycles. The minimum absolute atomic E-state index is 0.162. The fraction of sp³-hybridized carbons (Fsp3) is 0.429. The molecule has 0 aliphatic carbocycles. The van der Waals surface area contributed by atoms with Crippen LogP contribution in [-0.2, 0) is 0 Å². The van der Waals surface area contributed by atoms with E-state index in [1.54, 1.807) is 24.7 Å². The van der Waals surface area contributed by atoms with Crippen molar-refractivity contribution >= 4 is 39.1 Å². The number of rotatable bonds is 5. The topological polar surface area (TPSA) is 79.3 Å². The van der Waals surface area contributed by atoms with Gasteiger partial charge in [-0.05, 0) is 45.3 Å². The van der Waals surface area contributed by atoms with Crippen molar-refractivity contribution in [2.24, 2.45) is 0 Å². The summed E-state index contributed by atoms with van der Waals surface area (Å²) in [5, 5.41) is 6.28. The number of fused-ring (bicyclic) bond motifs is 4. The van der Waals surface area contributed by atoms with E-state index in [1.165, 1.54) is 0 Å². The van der Waals surface area contributed by atoms with Gasteiger partial charge in [-0.25, -0.2) is 4.39 Å². The van der Waals surface area contributed by atoms with Crippen molar-refractivity contribution < 1.29 is 9.13 Å². The molecule has 3 saturated heterocycles. The van der Waals surface area contributed by atoms with Crippen molar-refractivity contribution in [3.63, 3.8) is 0 Å². The molecule has 196 valence electrons. The maximum absolute atomic E-state index is 16.4. The Balaban J connectivity index is 1.36. The number of likely N-dealkylation sites (tertiary alicyclic amines) is 1. The van der Waals surface area contributed by atoms with Crippen LogP contribution in [0.25, 0.3) is 32.9 Å². The molecule has 1 N–H and O–H groups in total. The van der Waals surface area contributed by atoms with Crippen LogP contribution in [0.4, 0.5) is 10.2 Å². The molecule has 0 spiro atoms. The molecule has 7 rings (SSSR count). The molecule has 1 aromatic carbocycles. The molecule has 3 aliphatic rings. The van der Waals surface area contributed by atoms with Crippen molar-refractivity contribution in [3.05, 3.63) is 47.6 Å². The first-order chi connectivity index (χ1) is 18.5. The predicted octanol–water partition coefficient (Wildman–Crippen LogP) is 4.45. The summed E-state index contributed by atoms with van der Waals surface area (Å²) in [4.78, 5) is 22.8. The van der Waals surface area contributed by atoms with Gasteiger partial charge in [0.15, 0.2) is 5.82 Å². The molecule has 0 amide bonds. The van der Waals surface area contributed by atoms with E-state index in [9.17, 15) is 0 Å². The SMILES string of the molecule is CN1CCC[C@H]1COc1nc(N2CC3CCC(C2)N3)c2cnc(-c3cncc4cccc(Cl)c34)c(F)c2n1. The summed E-state index contributed by atoms with van der Waals surface area (Å²) in [5.74, 6) is 0.150. The van der Waals surface area contributed by atoms with Crippen LogP contribution in [-0.4, -0.2) is 76.3 Å². The van der Waals surface area contributed by atoms with E-state index in [2.05, 4.69) is 37.1 Å². The van der Waals surface area contributed by atoms with Gasteiger partial charge in [0.25, 0.3) is 0 Å². The standard InChI is InChI=1S/C28H29ClFN7O/c1-36-9-3-5-19(36)15-38-28-34-26-21(27(35-28)37-13-17-7-8-18(14-37)33-17)12-32-25(24(26)30)20-11-31-10-16-4-2-6-22(29)23(16)20/h2,4,6,10-12,17-19,33H,3,5,7-9,13-15H2,1H3/t17?,18?,19-/m0/s1. The number of halogens is 2. The third-order valence-electron chi connectivity index (χ3n) is 8.22. The van der Waals surface area contributed by atoms with Gasteiger partial charge >= 0.3 is 6.01 Å². The average Bonchev–Trinajstić information content (AvgIpc) is 3.50. The third kappa shape index (κ3) is 4.13. The Morgan fingerprint density at radius 3 is 2.74 bits per heavy atom. The van der Waals surface area contributed by atoms with Crippen LogP contribution in [0, 0.1) is 5.82 Å². The normalized spacial score (nSPS) is 23.6. The number of nitrogens with one attached hydrogen (secondary N) is 1. The third-order valence-corrected chi connectivity index (χ3v) is 8.54. The second kappa shape index (κ2) is 9.55. The van der Waals surface area contributed by atoms with E-state index in [1.807, 2.05) is 12.1 Å². The summed E-state index contributed by atoms with van der Waals surface area (Å²) in [5.41, 5.74) is 0.892. The number of aromatic nitrogens is 4. The van der Waals surface area contributed by atoms with Gasteiger partial charge in [0.1, 0.15) is 23.6 Å². The first kappa shape index (κ1) is 23.9. The van der Waals surface area contributed by atoms with Gasteiger partial charge in [-0.3, -0.25) is 9.97 Å². The molecule has 4 aromatic rings. The highest BCUT2D eigenvalue weighted by Crippen LogP contribution is 2.37. The zero-order chi connectivity index (χ0) is 25.8. The lowest BCUT2D eigenvalue weighted by molar-refractivity contribution is 0.188. The molecular weight excluding hydrogens is 505 g/mol. The number of piperazine rings is 1. The van der Waals surface area contributed by atoms with Crippen LogP contribution in [0.2, 0.25) is 5.02 Å². The molecule has 3 fully saturated rings. The lowest BCUT2D eigenvalue weighted by Gasteiger charge is -2.34. The number of pyridine rings is 2. The zero-order valence-electron chi connectivity index (χ0n) is 21.2. The zero-order valence-corrected chi connectivity index (χ0v) is 22.0. The summed E-state index contributed by atoms with van der Waals surface area (Å²) in [7, 11) is 2.10. The van der Waals surface area contributed by atoms with Crippen LogP contribution >= 0.6 is 11.6 Å². The van der Waals surface area contributed by atoms with Gasteiger partial charge in [0, 0.05) is 71.2 Å². The Morgan fingerprint density at radius 1 is 1.11 bits per heavy atom. The Kier molecular flexibility index (Phi) is 6.02. The van der Waals surface area contributed by atoms with E-state index >= 15 is 4.39 Å². The molecule has 0 radical (unpaired) electrons. The largest absolute Gasteiger partial charge is 0.462 e. The van der Waals surface area contributed by atoms with Crippen LogP contribution in [0.15, 0.2) is 36.8 Å². The molecule has 3 aromatic heterocycles. The number of anilines is 1. The molecule has 3 atom stereocenters. The minimum Gasteiger partial charge on any atom is -0.462 e. The molecule has 38 heavy (non-hydrogen) atoms. The number of ether oxygens (including phenoxy) is 1. The molecule has 6 heterocycles. The van der Waals surface area contributed by atoms with Crippen molar-refractivity contribution in [2.75, 3.05) is 38.2 Å². The van der Waals surface area contributed by atoms with Gasteiger partial charge in [0.2, 0.25) is 0 Å². The first-order valence-corrected chi connectivity index (χ1v) is 13.7.